The lowest BCUT2D eigenvalue weighted by atomic mass is 10.1. The monoisotopic (exact) mass is 276 g/mol. The van der Waals surface area contributed by atoms with Gasteiger partial charge in [0.2, 0.25) is 0 Å². The van der Waals surface area contributed by atoms with Crippen LogP contribution in [0.5, 0.6) is 5.75 Å². The summed E-state index contributed by atoms with van der Waals surface area (Å²) in [6.07, 6.45) is 0.896. The molecule has 0 spiro atoms. The normalized spacial score (nSPS) is 10.3. The van der Waals surface area contributed by atoms with Crippen LogP contribution in [0.3, 0.4) is 0 Å². The van der Waals surface area contributed by atoms with E-state index in [0.717, 1.165) is 0 Å². The van der Waals surface area contributed by atoms with Crippen LogP contribution in [0.4, 0.5) is 8.78 Å². The number of hydrogen-bond donors (Lipinski definition) is 0. The zero-order chi connectivity index (χ0) is 14.5. The van der Waals surface area contributed by atoms with Crippen LogP contribution in [0.15, 0.2) is 42.5 Å². The molecule has 0 atom stereocenters. The van der Waals surface area contributed by atoms with Crippen LogP contribution in [0.2, 0.25) is 0 Å². The highest BCUT2D eigenvalue weighted by Crippen LogP contribution is 2.26. The van der Waals surface area contributed by atoms with E-state index < -0.39 is 11.8 Å². The van der Waals surface area contributed by atoms with Gasteiger partial charge < -0.3 is 4.74 Å². The highest BCUT2D eigenvalue weighted by Gasteiger charge is 2.10. The SMILES string of the molecule is CCCC(=O)Oc1ccc(-c2ccc(F)cc2)cc1F. The minimum atomic E-state index is -0.615. The van der Waals surface area contributed by atoms with Crippen molar-refractivity contribution in [1.82, 2.24) is 0 Å². The molecule has 0 aromatic heterocycles. The van der Waals surface area contributed by atoms with Crippen LogP contribution < -0.4 is 4.74 Å². The average molecular weight is 276 g/mol. The van der Waals surface area contributed by atoms with E-state index in [1.807, 2.05) is 6.92 Å². The zero-order valence-electron chi connectivity index (χ0n) is 11.0. The first kappa shape index (κ1) is 14.2. The fourth-order valence-electron chi connectivity index (χ4n) is 1.78. The molecule has 0 aliphatic heterocycles. The minimum absolute atomic E-state index is 0.0886. The second-order valence-corrected chi connectivity index (χ2v) is 4.38. The Hall–Kier alpha value is -2.23. The molecule has 0 amide bonds. The fourth-order valence-corrected chi connectivity index (χ4v) is 1.78. The molecule has 0 N–H and O–H groups in total. The van der Waals surface area contributed by atoms with Gasteiger partial charge >= 0.3 is 5.97 Å². The molecule has 0 aliphatic carbocycles. The number of carbonyl (C=O) groups is 1. The first-order chi connectivity index (χ1) is 9.60. The molecule has 104 valence electrons. The van der Waals surface area contributed by atoms with Crippen LogP contribution in [-0.4, -0.2) is 5.97 Å². The van der Waals surface area contributed by atoms with Crippen molar-refractivity contribution in [3.8, 4) is 16.9 Å². The van der Waals surface area contributed by atoms with Crippen LogP contribution in [0.25, 0.3) is 11.1 Å². The Labute approximate surface area is 116 Å². The average Bonchev–Trinajstić information content (AvgIpc) is 2.42. The van der Waals surface area contributed by atoms with Gasteiger partial charge in [0.05, 0.1) is 0 Å². The predicted octanol–water partition coefficient (Wildman–Crippen LogP) is 4.34. The molecule has 0 fully saturated rings. The number of esters is 1. The predicted molar refractivity (Wildman–Crippen MR) is 72.3 cm³/mol. The number of rotatable bonds is 4. The summed E-state index contributed by atoms with van der Waals surface area (Å²) in [4.78, 5) is 11.3. The lowest BCUT2D eigenvalue weighted by Crippen LogP contribution is -2.08. The van der Waals surface area contributed by atoms with Crippen LogP contribution in [0, 0.1) is 11.6 Å². The number of halogens is 2. The van der Waals surface area contributed by atoms with Crippen molar-refractivity contribution in [3.05, 3.63) is 54.1 Å². The molecule has 0 saturated heterocycles. The number of ether oxygens (including phenoxy) is 1. The summed E-state index contributed by atoms with van der Waals surface area (Å²) in [6.45, 7) is 1.84. The third-order valence-corrected chi connectivity index (χ3v) is 2.79. The minimum Gasteiger partial charge on any atom is -0.423 e. The summed E-state index contributed by atoms with van der Waals surface area (Å²) in [6, 6.07) is 10.0. The molecule has 0 aliphatic rings. The smallest absolute Gasteiger partial charge is 0.311 e. The standard InChI is InChI=1S/C16H14F2O2/c1-2-3-16(19)20-15-9-6-12(10-14(15)18)11-4-7-13(17)8-5-11/h4-10H,2-3H2,1H3. The Morgan fingerprint density at radius 1 is 1.05 bits per heavy atom. The Kier molecular flexibility index (Phi) is 4.45. The first-order valence-corrected chi connectivity index (χ1v) is 6.36. The van der Waals surface area contributed by atoms with Gasteiger partial charge in [0.15, 0.2) is 11.6 Å². The van der Waals surface area contributed by atoms with Gasteiger partial charge in [0.1, 0.15) is 5.82 Å². The molecular weight excluding hydrogens is 262 g/mol. The van der Waals surface area contributed by atoms with E-state index in [0.29, 0.717) is 17.5 Å². The number of hydrogen-bond acceptors (Lipinski definition) is 2. The van der Waals surface area contributed by atoms with Crippen molar-refractivity contribution in [2.24, 2.45) is 0 Å². The Morgan fingerprint density at radius 3 is 2.30 bits per heavy atom. The molecule has 0 radical (unpaired) electrons. The third-order valence-electron chi connectivity index (χ3n) is 2.79. The van der Waals surface area contributed by atoms with Gasteiger partial charge in [-0.05, 0) is 41.8 Å². The summed E-state index contributed by atoms with van der Waals surface area (Å²) < 4.78 is 31.6. The van der Waals surface area contributed by atoms with Gasteiger partial charge in [-0.2, -0.15) is 0 Å². The number of carbonyl (C=O) groups excluding carboxylic acids is 1. The van der Waals surface area contributed by atoms with Crippen molar-refractivity contribution < 1.29 is 18.3 Å². The molecular formula is C16H14F2O2. The zero-order valence-corrected chi connectivity index (χ0v) is 11.0. The molecule has 2 aromatic rings. The molecule has 0 saturated carbocycles. The maximum absolute atomic E-state index is 13.9. The van der Waals surface area contributed by atoms with Crippen molar-refractivity contribution in [1.29, 1.82) is 0 Å². The van der Waals surface area contributed by atoms with Crippen molar-refractivity contribution in [2.75, 3.05) is 0 Å². The highest BCUT2D eigenvalue weighted by molar-refractivity contribution is 5.73. The van der Waals surface area contributed by atoms with Crippen molar-refractivity contribution in [3.63, 3.8) is 0 Å². The second kappa shape index (κ2) is 6.28. The van der Waals surface area contributed by atoms with Gasteiger partial charge in [0, 0.05) is 6.42 Å². The largest absolute Gasteiger partial charge is 0.423 e. The molecule has 0 unspecified atom stereocenters. The Balaban J connectivity index is 2.21. The molecule has 4 heteroatoms. The highest BCUT2D eigenvalue weighted by atomic mass is 19.1. The molecule has 2 rings (SSSR count). The Morgan fingerprint density at radius 2 is 1.70 bits per heavy atom. The van der Waals surface area contributed by atoms with E-state index in [9.17, 15) is 13.6 Å². The van der Waals surface area contributed by atoms with Crippen molar-refractivity contribution >= 4 is 5.97 Å². The van der Waals surface area contributed by atoms with E-state index in [-0.39, 0.29) is 18.0 Å². The molecule has 2 aromatic carbocycles. The quantitative estimate of drug-likeness (QED) is 0.613. The van der Waals surface area contributed by atoms with Gasteiger partial charge in [-0.3, -0.25) is 4.79 Å². The summed E-state index contributed by atoms with van der Waals surface area (Å²) >= 11 is 0. The topological polar surface area (TPSA) is 26.3 Å². The maximum atomic E-state index is 13.9. The molecule has 0 bridgehead atoms. The summed E-state index contributed by atoms with van der Waals surface area (Å²) in [5.41, 5.74) is 1.29. The van der Waals surface area contributed by atoms with E-state index in [1.54, 1.807) is 18.2 Å². The van der Waals surface area contributed by atoms with Crippen LogP contribution in [-0.2, 0) is 4.79 Å². The van der Waals surface area contributed by atoms with E-state index >= 15 is 0 Å². The molecule has 2 nitrogen and oxygen atoms in total. The second-order valence-electron chi connectivity index (χ2n) is 4.38. The lowest BCUT2D eigenvalue weighted by Gasteiger charge is -2.07. The first-order valence-electron chi connectivity index (χ1n) is 6.36. The van der Waals surface area contributed by atoms with Gasteiger partial charge in [-0.1, -0.05) is 25.1 Å². The maximum Gasteiger partial charge on any atom is 0.311 e. The summed E-state index contributed by atoms with van der Waals surface area (Å²) in [5, 5.41) is 0. The van der Waals surface area contributed by atoms with E-state index in [1.165, 1.54) is 24.3 Å². The Bertz CT molecular complexity index is 606. The van der Waals surface area contributed by atoms with Crippen LogP contribution in [0.1, 0.15) is 19.8 Å². The fraction of sp³-hybridized carbons (Fsp3) is 0.188. The third kappa shape index (κ3) is 3.41. The lowest BCUT2D eigenvalue weighted by molar-refractivity contribution is -0.134. The van der Waals surface area contributed by atoms with Gasteiger partial charge in [-0.25, -0.2) is 8.78 Å². The molecule has 0 heterocycles. The summed E-state index contributed by atoms with van der Waals surface area (Å²) in [5.74, 6) is -1.51. The molecule has 20 heavy (non-hydrogen) atoms. The van der Waals surface area contributed by atoms with Crippen LogP contribution >= 0.6 is 0 Å². The van der Waals surface area contributed by atoms with Gasteiger partial charge in [0.25, 0.3) is 0 Å². The van der Waals surface area contributed by atoms with Crippen molar-refractivity contribution in [2.45, 2.75) is 19.8 Å². The summed E-state index contributed by atoms with van der Waals surface area (Å²) in [7, 11) is 0. The van der Waals surface area contributed by atoms with Gasteiger partial charge in [-0.15, -0.1) is 0 Å². The van der Waals surface area contributed by atoms with E-state index in [2.05, 4.69) is 0 Å². The van der Waals surface area contributed by atoms with E-state index in [4.69, 9.17) is 4.74 Å². The number of benzene rings is 2.